The van der Waals surface area contributed by atoms with Gasteiger partial charge in [-0.3, -0.25) is 9.80 Å². The second-order valence-corrected chi connectivity index (χ2v) is 9.86. The summed E-state index contributed by atoms with van der Waals surface area (Å²) in [6.45, 7) is 11.2. The third-order valence-corrected chi connectivity index (χ3v) is 7.23. The van der Waals surface area contributed by atoms with Gasteiger partial charge in [0.05, 0.1) is 6.54 Å². The van der Waals surface area contributed by atoms with Crippen LogP contribution in [0.5, 0.6) is 5.75 Å². The van der Waals surface area contributed by atoms with E-state index in [1.807, 2.05) is 42.5 Å². The van der Waals surface area contributed by atoms with Crippen molar-refractivity contribution in [3.8, 4) is 17.0 Å². The van der Waals surface area contributed by atoms with Gasteiger partial charge in [-0.15, -0.1) is 0 Å². The Hall–Kier alpha value is -3.61. The van der Waals surface area contributed by atoms with Gasteiger partial charge in [0.15, 0.2) is 5.76 Å². The van der Waals surface area contributed by atoms with Gasteiger partial charge in [0.25, 0.3) is 0 Å². The lowest BCUT2D eigenvalue weighted by Gasteiger charge is -2.36. The van der Waals surface area contributed by atoms with Gasteiger partial charge in [0.1, 0.15) is 18.1 Å². The smallest absolute Gasteiger partial charge is 0.151 e. The minimum absolute atomic E-state index is 0.561. The molecule has 1 aliphatic heterocycles. The number of rotatable bonds is 12. The van der Waals surface area contributed by atoms with E-state index in [-0.39, 0.29) is 0 Å². The molecule has 0 atom stereocenters. The first-order valence-corrected chi connectivity index (χ1v) is 13.7. The molecule has 0 amide bonds. The molecule has 1 fully saturated rings. The molecule has 1 saturated heterocycles. The summed E-state index contributed by atoms with van der Waals surface area (Å²) in [5, 5.41) is 4.33. The molecule has 3 aromatic carbocycles. The molecule has 6 heteroatoms. The van der Waals surface area contributed by atoms with E-state index in [1.165, 1.54) is 5.69 Å². The highest BCUT2D eigenvalue weighted by Gasteiger charge is 2.17. The van der Waals surface area contributed by atoms with Crippen LogP contribution in [0, 0.1) is 0 Å². The number of hydrogen-bond donors (Lipinski definition) is 0. The average molecular weight is 511 g/mol. The fraction of sp³-hybridized carbons (Fsp3) is 0.344. The Morgan fingerprint density at radius 3 is 2.29 bits per heavy atom. The van der Waals surface area contributed by atoms with Crippen LogP contribution >= 0.6 is 0 Å². The zero-order chi connectivity index (χ0) is 26.0. The summed E-state index contributed by atoms with van der Waals surface area (Å²) in [5.41, 5.74) is 4.39. The molecule has 38 heavy (non-hydrogen) atoms. The highest BCUT2D eigenvalue weighted by molar-refractivity contribution is 5.59. The number of piperazine rings is 1. The van der Waals surface area contributed by atoms with Crippen LogP contribution in [0.25, 0.3) is 11.3 Å². The molecule has 1 aliphatic rings. The SMILES string of the molecule is CCN(CCCN1CCN(c2ccccc2)CC1)Cc1cc(-c2ccc(OCc3ccccc3)cc2)no1. The second-order valence-electron chi connectivity index (χ2n) is 9.86. The Balaban J connectivity index is 1.05. The van der Waals surface area contributed by atoms with Gasteiger partial charge in [0.2, 0.25) is 0 Å². The zero-order valence-corrected chi connectivity index (χ0v) is 22.3. The van der Waals surface area contributed by atoms with Crippen molar-refractivity contribution < 1.29 is 9.26 Å². The minimum atomic E-state index is 0.561. The van der Waals surface area contributed by atoms with E-state index < -0.39 is 0 Å². The van der Waals surface area contributed by atoms with Crippen molar-refractivity contribution in [2.75, 3.05) is 50.7 Å². The number of benzene rings is 3. The van der Waals surface area contributed by atoms with Crippen LogP contribution in [0.2, 0.25) is 0 Å². The van der Waals surface area contributed by atoms with Crippen molar-refractivity contribution >= 4 is 5.69 Å². The van der Waals surface area contributed by atoms with E-state index in [9.17, 15) is 0 Å². The molecule has 0 saturated carbocycles. The van der Waals surface area contributed by atoms with E-state index in [0.717, 1.165) is 87.1 Å². The third kappa shape index (κ3) is 7.24. The monoisotopic (exact) mass is 510 g/mol. The molecule has 2 heterocycles. The van der Waals surface area contributed by atoms with Gasteiger partial charge in [-0.2, -0.15) is 0 Å². The molecular formula is C32H38N4O2. The van der Waals surface area contributed by atoms with E-state index in [1.54, 1.807) is 0 Å². The van der Waals surface area contributed by atoms with Crippen molar-refractivity contribution in [2.45, 2.75) is 26.5 Å². The minimum Gasteiger partial charge on any atom is -0.489 e. The molecule has 0 bridgehead atoms. The maximum absolute atomic E-state index is 5.91. The largest absolute Gasteiger partial charge is 0.489 e. The van der Waals surface area contributed by atoms with Gasteiger partial charge in [0, 0.05) is 43.5 Å². The summed E-state index contributed by atoms with van der Waals surface area (Å²) in [6, 6.07) is 31.1. The number of hydrogen-bond acceptors (Lipinski definition) is 6. The molecule has 0 unspecified atom stereocenters. The summed E-state index contributed by atoms with van der Waals surface area (Å²) < 4.78 is 11.6. The van der Waals surface area contributed by atoms with Crippen molar-refractivity contribution in [1.29, 1.82) is 0 Å². The predicted octanol–water partition coefficient (Wildman–Crippen LogP) is 5.95. The Bertz CT molecular complexity index is 1220. The van der Waals surface area contributed by atoms with Gasteiger partial charge >= 0.3 is 0 Å². The molecule has 5 rings (SSSR count). The van der Waals surface area contributed by atoms with Crippen LogP contribution in [-0.2, 0) is 13.2 Å². The van der Waals surface area contributed by atoms with E-state index in [2.05, 4.69) is 75.3 Å². The third-order valence-electron chi connectivity index (χ3n) is 7.23. The lowest BCUT2D eigenvalue weighted by Crippen LogP contribution is -2.47. The Morgan fingerprint density at radius 1 is 0.868 bits per heavy atom. The van der Waals surface area contributed by atoms with Crippen LogP contribution in [0.3, 0.4) is 0 Å². The molecule has 0 N–H and O–H groups in total. The molecule has 0 spiro atoms. The van der Waals surface area contributed by atoms with E-state index in [0.29, 0.717) is 6.61 Å². The van der Waals surface area contributed by atoms with Gasteiger partial charge in [-0.1, -0.05) is 60.6 Å². The Labute approximate surface area is 226 Å². The molecule has 6 nitrogen and oxygen atoms in total. The first kappa shape index (κ1) is 26.0. The summed E-state index contributed by atoms with van der Waals surface area (Å²) in [4.78, 5) is 7.51. The molecule has 1 aromatic heterocycles. The predicted molar refractivity (Wildman–Crippen MR) is 153 cm³/mol. The van der Waals surface area contributed by atoms with Crippen LogP contribution < -0.4 is 9.64 Å². The normalized spacial score (nSPS) is 14.2. The van der Waals surface area contributed by atoms with Crippen molar-refractivity contribution in [3.63, 3.8) is 0 Å². The number of ether oxygens (including phenoxy) is 1. The Kier molecular flexibility index (Phi) is 9.08. The van der Waals surface area contributed by atoms with Gasteiger partial charge < -0.3 is 14.2 Å². The second kappa shape index (κ2) is 13.3. The fourth-order valence-electron chi connectivity index (χ4n) is 4.94. The standard InChI is InChI=1S/C32H38N4O2/c1-2-34(18-9-19-35-20-22-36(23-21-35)29-12-7-4-8-13-29)25-31-24-32(33-38-31)28-14-16-30(17-15-28)37-26-27-10-5-3-6-11-27/h3-8,10-17,24H,2,9,18-23,25-26H2,1H3. The van der Waals surface area contributed by atoms with E-state index in [4.69, 9.17) is 9.26 Å². The molecule has 0 radical (unpaired) electrons. The highest BCUT2D eigenvalue weighted by atomic mass is 16.5. The number of nitrogens with zero attached hydrogens (tertiary/aromatic N) is 4. The Morgan fingerprint density at radius 2 is 1.58 bits per heavy atom. The summed E-state index contributed by atoms with van der Waals surface area (Å²) >= 11 is 0. The zero-order valence-electron chi connectivity index (χ0n) is 22.3. The van der Waals surface area contributed by atoms with Crippen LogP contribution in [-0.4, -0.2) is 60.8 Å². The number of aromatic nitrogens is 1. The highest BCUT2D eigenvalue weighted by Crippen LogP contribution is 2.23. The van der Waals surface area contributed by atoms with Crippen LogP contribution in [0.4, 0.5) is 5.69 Å². The van der Waals surface area contributed by atoms with Crippen molar-refractivity contribution in [1.82, 2.24) is 15.0 Å². The molecule has 198 valence electrons. The number of anilines is 1. The summed E-state index contributed by atoms with van der Waals surface area (Å²) in [6.07, 6.45) is 1.16. The quantitative estimate of drug-likeness (QED) is 0.235. The van der Waals surface area contributed by atoms with E-state index >= 15 is 0 Å². The lowest BCUT2D eigenvalue weighted by atomic mass is 10.1. The maximum atomic E-state index is 5.91. The van der Waals surface area contributed by atoms with Crippen LogP contribution in [0.1, 0.15) is 24.7 Å². The molecule has 4 aromatic rings. The fourth-order valence-corrected chi connectivity index (χ4v) is 4.94. The van der Waals surface area contributed by atoms with Crippen LogP contribution in [0.15, 0.2) is 95.5 Å². The first-order valence-electron chi connectivity index (χ1n) is 13.7. The number of para-hydroxylation sites is 1. The lowest BCUT2D eigenvalue weighted by molar-refractivity contribution is 0.206. The van der Waals surface area contributed by atoms with Gasteiger partial charge in [-0.25, -0.2) is 0 Å². The first-order chi connectivity index (χ1) is 18.8. The average Bonchev–Trinajstić information content (AvgIpc) is 3.46. The maximum Gasteiger partial charge on any atom is 0.151 e. The molecular weight excluding hydrogens is 472 g/mol. The summed E-state index contributed by atoms with van der Waals surface area (Å²) in [5.74, 6) is 1.75. The summed E-state index contributed by atoms with van der Waals surface area (Å²) in [7, 11) is 0. The molecule has 0 aliphatic carbocycles. The topological polar surface area (TPSA) is 45.0 Å². The van der Waals surface area contributed by atoms with Crippen molar-refractivity contribution in [3.05, 3.63) is 102 Å². The van der Waals surface area contributed by atoms with Crippen molar-refractivity contribution in [2.24, 2.45) is 0 Å². The van der Waals surface area contributed by atoms with Gasteiger partial charge in [-0.05, 0) is 68.0 Å².